The van der Waals surface area contributed by atoms with Crippen molar-refractivity contribution in [3.05, 3.63) is 70.0 Å². The standard InChI is InChI=1S/C19H18BrN3O2S/c1-13-3-2-4-15(9-13)19-22-18(25-23-19)10-21-17(24)12-26-11-14-5-7-16(20)8-6-14/h2-9H,10-12H2,1H3,(H,21,24). The highest BCUT2D eigenvalue weighted by Crippen LogP contribution is 2.17. The molecule has 0 fully saturated rings. The number of aryl methyl sites for hydroxylation is 1. The Kier molecular flexibility index (Phi) is 6.46. The first-order valence-corrected chi connectivity index (χ1v) is 10.0. The largest absolute Gasteiger partial charge is 0.346 e. The van der Waals surface area contributed by atoms with E-state index in [1.54, 1.807) is 11.8 Å². The van der Waals surface area contributed by atoms with Crippen molar-refractivity contribution in [1.29, 1.82) is 0 Å². The Morgan fingerprint density at radius 2 is 2.04 bits per heavy atom. The van der Waals surface area contributed by atoms with Crippen molar-refractivity contribution in [3.8, 4) is 11.4 Å². The summed E-state index contributed by atoms with van der Waals surface area (Å²) < 4.78 is 6.26. The first kappa shape index (κ1) is 18.7. The molecule has 3 rings (SSSR count). The molecule has 5 nitrogen and oxygen atoms in total. The molecule has 1 amide bonds. The predicted octanol–water partition coefficient (Wildman–Crippen LogP) is 4.36. The third-order valence-electron chi connectivity index (χ3n) is 3.60. The molecule has 0 saturated carbocycles. The number of benzene rings is 2. The number of rotatable bonds is 7. The Bertz CT molecular complexity index is 881. The van der Waals surface area contributed by atoms with E-state index in [1.807, 2.05) is 55.5 Å². The van der Waals surface area contributed by atoms with Crippen molar-refractivity contribution in [3.63, 3.8) is 0 Å². The topological polar surface area (TPSA) is 68.0 Å². The van der Waals surface area contributed by atoms with Gasteiger partial charge in [-0.1, -0.05) is 57.0 Å². The van der Waals surface area contributed by atoms with Crippen LogP contribution in [0.15, 0.2) is 57.5 Å². The number of amides is 1. The van der Waals surface area contributed by atoms with Crippen LogP contribution in [0.25, 0.3) is 11.4 Å². The van der Waals surface area contributed by atoms with Crippen molar-refractivity contribution < 1.29 is 9.32 Å². The van der Waals surface area contributed by atoms with Crippen molar-refractivity contribution in [2.45, 2.75) is 19.2 Å². The number of carbonyl (C=O) groups is 1. The van der Waals surface area contributed by atoms with Gasteiger partial charge in [-0.3, -0.25) is 4.79 Å². The summed E-state index contributed by atoms with van der Waals surface area (Å²) in [7, 11) is 0. The van der Waals surface area contributed by atoms with Crippen molar-refractivity contribution in [2.75, 3.05) is 5.75 Å². The molecule has 3 aromatic rings. The molecule has 1 aromatic heterocycles. The monoisotopic (exact) mass is 431 g/mol. The summed E-state index contributed by atoms with van der Waals surface area (Å²) in [6.45, 7) is 2.24. The highest BCUT2D eigenvalue weighted by Gasteiger charge is 2.10. The Balaban J connectivity index is 1.44. The van der Waals surface area contributed by atoms with Gasteiger partial charge in [0.15, 0.2) is 0 Å². The molecule has 0 aliphatic carbocycles. The Labute approximate surface area is 164 Å². The van der Waals surface area contributed by atoms with Crippen LogP contribution in [0.5, 0.6) is 0 Å². The molecule has 0 radical (unpaired) electrons. The van der Waals surface area contributed by atoms with Gasteiger partial charge in [0.1, 0.15) is 0 Å². The van der Waals surface area contributed by atoms with Gasteiger partial charge in [0.2, 0.25) is 17.6 Å². The van der Waals surface area contributed by atoms with E-state index in [1.165, 1.54) is 5.56 Å². The predicted molar refractivity (Wildman–Crippen MR) is 107 cm³/mol. The number of nitrogens with zero attached hydrogens (tertiary/aromatic N) is 2. The highest BCUT2D eigenvalue weighted by molar-refractivity contribution is 9.10. The number of halogens is 1. The molecule has 134 valence electrons. The average molecular weight is 432 g/mol. The Hall–Kier alpha value is -2.12. The van der Waals surface area contributed by atoms with E-state index in [9.17, 15) is 4.79 Å². The van der Waals surface area contributed by atoms with Crippen LogP contribution in [0.1, 0.15) is 17.0 Å². The summed E-state index contributed by atoms with van der Waals surface area (Å²) in [5, 5.41) is 6.77. The molecule has 2 aromatic carbocycles. The summed E-state index contributed by atoms with van der Waals surface area (Å²) in [5.74, 6) is 2.05. The molecular formula is C19H18BrN3O2S. The Morgan fingerprint density at radius 3 is 2.81 bits per heavy atom. The normalized spacial score (nSPS) is 10.7. The summed E-state index contributed by atoms with van der Waals surface area (Å²) in [6.07, 6.45) is 0. The van der Waals surface area contributed by atoms with E-state index in [0.717, 1.165) is 21.4 Å². The van der Waals surface area contributed by atoms with Crippen molar-refractivity contribution in [1.82, 2.24) is 15.5 Å². The third kappa shape index (κ3) is 5.44. The van der Waals surface area contributed by atoms with Crippen LogP contribution in [-0.2, 0) is 17.1 Å². The average Bonchev–Trinajstić information content (AvgIpc) is 3.11. The second-order valence-electron chi connectivity index (χ2n) is 5.78. The number of hydrogen-bond donors (Lipinski definition) is 1. The van der Waals surface area contributed by atoms with Gasteiger partial charge in [0.25, 0.3) is 0 Å². The third-order valence-corrected chi connectivity index (χ3v) is 5.13. The maximum atomic E-state index is 12.0. The van der Waals surface area contributed by atoms with Gasteiger partial charge >= 0.3 is 0 Å². The van der Waals surface area contributed by atoms with Gasteiger partial charge in [-0.2, -0.15) is 4.98 Å². The van der Waals surface area contributed by atoms with Crippen LogP contribution in [0.4, 0.5) is 0 Å². The van der Waals surface area contributed by atoms with E-state index in [0.29, 0.717) is 17.5 Å². The molecule has 0 atom stereocenters. The van der Waals surface area contributed by atoms with Crippen molar-refractivity contribution >= 4 is 33.6 Å². The maximum Gasteiger partial charge on any atom is 0.246 e. The maximum absolute atomic E-state index is 12.0. The molecular weight excluding hydrogens is 414 g/mol. The molecule has 0 bridgehead atoms. The summed E-state index contributed by atoms with van der Waals surface area (Å²) in [5.41, 5.74) is 3.21. The zero-order valence-corrected chi connectivity index (χ0v) is 16.6. The fraction of sp³-hybridized carbons (Fsp3) is 0.211. The van der Waals surface area contributed by atoms with Gasteiger partial charge in [-0.15, -0.1) is 11.8 Å². The van der Waals surface area contributed by atoms with E-state index < -0.39 is 0 Å². The number of nitrogens with one attached hydrogen (secondary N) is 1. The van der Waals surface area contributed by atoms with E-state index in [4.69, 9.17) is 4.52 Å². The number of carbonyl (C=O) groups excluding carboxylic acids is 1. The smallest absolute Gasteiger partial charge is 0.246 e. The van der Waals surface area contributed by atoms with Gasteiger partial charge in [-0.05, 0) is 30.7 Å². The Morgan fingerprint density at radius 1 is 1.23 bits per heavy atom. The van der Waals surface area contributed by atoms with Crippen LogP contribution in [-0.4, -0.2) is 21.8 Å². The highest BCUT2D eigenvalue weighted by atomic mass is 79.9. The molecule has 0 aliphatic rings. The van der Waals surface area contributed by atoms with Gasteiger partial charge in [-0.25, -0.2) is 0 Å². The second kappa shape index (κ2) is 9.00. The van der Waals surface area contributed by atoms with Crippen LogP contribution in [0, 0.1) is 6.92 Å². The fourth-order valence-electron chi connectivity index (χ4n) is 2.30. The quantitative estimate of drug-likeness (QED) is 0.601. The summed E-state index contributed by atoms with van der Waals surface area (Å²) >= 11 is 4.97. The minimum absolute atomic E-state index is 0.0533. The zero-order valence-electron chi connectivity index (χ0n) is 14.2. The SMILES string of the molecule is Cc1cccc(-c2noc(CNC(=O)CSCc3ccc(Br)cc3)n2)c1. The van der Waals surface area contributed by atoms with Crippen molar-refractivity contribution in [2.24, 2.45) is 0 Å². The molecule has 1 heterocycles. The van der Waals surface area contributed by atoms with Crippen LogP contribution < -0.4 is 5.32 Å². The zero-order chi connectivity index (χ0) is 18.4. The molecule has 0 aliphatic heterocycles. The summed E-state index contributed by atoms with van der Waals surface area (Å²) in [4.78, 5) is 16.3. The van der Waals surface area contributed by atoms with Gasteiger partial charge in [0.05, 0.1) is 12.3 Å². The second-order valence-corrected chi connectivity index (χ2v) is 7.68. The molecule has 0 saturated heterocycles. The number of aromatic nitrogens is 2. The lowest BCUT2D eigenvalue weighted by Gasteiger charge is -2.03. The lowest BCUT2D eigenvalue weighted by Crippen LogP contribution is -2.24. The van der Waals surface area contributed by atoms with Crippen LogP contribution in [0.2, 0.25) is 0 Å². The lowest BCUT2D eigenvalue weighted by molar-refractivity contribution is -0.118. The van der Waals surface area contributed by atoms with Gasteiger partial charge in [0, 0.05) is 15.8 Å². The summed E-state index contributed by atoms with van der Waals surface area (Å²) in [6, 6.07) is 16.0. The minimum atomic E-state index is -0.0533. The molecule has 0 spiro atoms. The van der Waals surface area contributed by atoms with E-state index in [2.05, 4.69) is 31.4 Å². The van der Waals surface area contributed by atoms with Crippen LogP contribution >= 0.6 is 27.7 Å². The lowest BCUT2D eigenvalue weighted by atomic mass is 10.1. The van der Waals surface area contributed by atoms with Crippen LogP contribution in [0.3, 0.4) is 0 Å². The number of hydrogen-bond acceptors (Lipinski definition) is 5. The van der Waals surface area contributed by atoms with E-state index in [-0.39, 0.29) is 12.5 Å². The van der Waals surface area contributed by atoms with Gasteiger partial charge < -0.3 is 9.84 Å². The first-order valence-electron chi connectivity index (χ1n) is 8.08. The number of thioether (sulfide) groups is 1. The molecule has 7 heteroatoms. The molecule has 1 N–H and O–H groups in total. The minimum Gasteiger partial charge on any atom is -0.346 e. The first-order chi connectivity index (χ1) is 12.6. The van der Waals surface area contributed by atoms with E-state index >= 15 is 0 Å². The molecule has 0 unspecified atom stereocenters. The fourth-order valence-corrected chi connectivity index (χ4v) is 3.38. The molecule has 26 heavy (non-hydrogen) atoms.